The fourth-order valence-electron chi connectivity index (χ4n) is 3.07. The van der Waals surface area contributed by atoms with Crippen LogP contribution in [0.15, 0.2) is 53.8 Å². The van der Waals surface area contributed by atoms with Gasteiger partial charge in [-0.3, -0.25) is 4.72 Å². The van der Waals surface area contributed by atoms with Gasteiger partial charge in [0.1, 0.15) is 11.6 Å². The number of nitrogen functional groups attached to an aromatic ring is 1. The summed E-state index contributed by atoms with van der Waals surface area (Å²) < 4.78 is 63.0. The SMILES string of the molecule is COc1ncc(Cl)cc1S(=O)(=O)Nc1nccc(-c2ccc3cc(N)ncc3c2F)c1F. The number of nitrogens with zero attached hydrogens (tertiary/aromatic N) is 3. The molecule has 12 heteroatoms. The van der Waals surface area contributed by atoms with Crippen molar-refractivity contribution in [3.63, 3.8) is 0 Å². The highest BCUT2D eigenvalue weighted by molar-refractivity contribution is 7.92. The second kappa shape index (κ2) is 8.17. The Bertz CT molecular complexity index is 1470. The van der Waals surface area contributed by atoms with E-state index in [0.29, 0.717) is 5.39 Å². The zero-order valence-electron chi connectivity index (χ0n) is 16.3. The number of hydrogen-bond donors (Lipinski definition) is 2. The monoisotopic (exact) mass is 477 g/mol. The van der Waals surface area contributed by atoms with E-state index in [-0.39, 0.29) is 33.2 Å². The molecule has 32 heavy (non-hydrogen) atoms. The van der Waals surface area contributed by atoms with Gasteiger partial charge < -0.3 is 10.5 Å². The molecule has 1 aromatic carbocycles. The van der Waals surface area contributed by atoms with Crippen molar-refractivity contribution in [1.29, 1.82) is 0 Å². The molecule has 0 saturated heterocycles. The van der Waals surface area contributed by atoms with Gasteiger partial charge in [0, 0.05) is 35.1 Å². The van der Waals surface area contributed by atoms with E-state index in [1.54, 1.807) is 6.07 Å². The van der Waals surface area contributed by atoms with Gasteiger partial charge >= 0.3 is 0 Å². The lowest BCUT2D eigenvalue weighted by molar-refractivity contribution is 0.385. The van der Waals surface area contributed by atoms with Crippen LogP contribution in [0.5, 0.6) is 5.88 Å². The molecular weight excluding hydrogens is 464 g/mol. The van der Waals surface area contributed by atoms with E-state index in [0.717, 1.165) is 12.3 Å². The summed E-state index contributed by atoms with van der Waals surface area (Å²) in [6.45, 7) is 0. The van der Waals surface area contributed by atoms with Crippen molar-refractivity contribution in [3.8, 4) is 17.0 Å². The number of nitrogens with two attached hydrogens (primary N) is 1. The molecule has 0 radical (unpaired) electrons. The third-order valence-corrected chi connectivity index (χ3v) is 6.08. The summed E-state index contributed by atoms with van der Waals surface area (Å²) in [5.74, 6) is -2.49. The molecule has 0 atom stereocenters. The van der Waals surface area contributed by atoms with E-state index in [1.807, 2.05) is 4.72 Å². The summed E-state index contributed by atoms with van der Waals surface area (Å²) in [5, 5.41) is 0.639. The van der Waals surface area contributed by atoms with Crippen molar-refractivity contribution < 1.29 is 21.9 Å². The van der Waals surface area contributed by atoms with Gasteiger partial charge in [-0.15, -0.1) is 0 Å². The van der Waals surface area contributed by atoms with Crippen LogP contribution < -0.4 is 15.2 Å². The molecule has 164 valence electrons. The van der Waals surface area contributed by atoms with E-state index in [1.165, 1.54) is 37.7 Å². The molecule has 0 bridgehead atoms. The van der Waals surface area contributed by atoms with E-state index < -0.39 is 32.4 Å². The van der Waals surface area contributed by atoms with Gasteiger partial charge in [-0.05, 0) is 23.6 Å². The average molecular weight is 478 g/mol. The molecule has 0 aliphatic carbocycles. The van der Waals surface area contributed by atoms with Crippen LogP contribution >= 0.6 is 11.6 Å². The predicted molar refractivity (Wildman–Crippen MR) is 116 cm³/mol. The summed E-state index contributed by atoms with van der Waals surface area (Å²) in [6, 6.07) is 6.72. The minimum absolute atomic E-state index is 0.0286. The first-order chi connectivity index (χ1) is 15.2. The minimum Gasteiger partial charge on any atom is -0.480 e. The highest BCUT2D eigenvalue weighted by atomic mass is 35.5. The van der Waals surface area contributed by atoms with Gasteiger partial charge in [0.2, 0.25) is 5.88 Å². The first-order valence-corrected chi connectivity index (χ1v) is 10.8. The average Bonchev–Trinajstić information content (AvgIpc) is 2.75. The van der Waals surface area contributed by atoms with E-state index in [4.69, 9.17) is 22.1 Å². The molecule has 0 saturated carbocycles. The van der Waals surface area contributed by atoms with Crippen LogP contribution in [-0.4, -0.2) is 30.5 Å². The molecule has 3 heterocycles. The first-order valence-electron chi connectivity index (χ1n) is 8.92. The lowest BCUT2D eigenvalue weighted by Gasteiger charge is -2.13. The lowest BCUT2D eigenvalue weighted by Crippen LogP contribution is -2.17. The number of anilines is 2. The number of pyridine rings is 3. The summed E-state index contributed by atoms with van der Waals surface area (Å²) in [6.07, 6.45) is 3.59. The fourth-order valence-corrected chi connectivity index (χ4v) is 4.45. The highest BCUT2D eigenvalue weighted by Gasteiger charge is 2.25. The van der Waals surface area contributed by atoms with Crippen molar-refractivity contribution >= 4 is 44.0 Å². The number of methoxy groups -OCH3 is 1. The van der Waals surface area contributed by atoms with Crippen LogP contribution in [0, 0.1) is 11.6 Å². The number of sulfonamides is 1. The number of benzene rings is 1. The molecule has 4 rings (SSSR count). The third-order valence-electron chi connectivity index (χ3n) is 4.54. The Hall–Kier alpha value is -3.57. The maximum atomic E-state index is 15.2. The molecule has 0 aliphatic rings. The van der Waals surface area contributed by atoms with Crippen LogP contribution in [0.25, 0.3) is 21.9 Å². The van der Waals surface area contributed by atoms with Gasteiger partial charge in [0.05, 0.1) is 12.1 Å². The minimum atomic E-state index is -4.39. The van der Waals surface area contributed by atoms with Crippen LogP contribution in [0.1, 0.15) is 0 Å². The number of nitrogens with one attached hydrogen (secondary N) is 1. The Kier molecular flexibility index (Phi) is 5.53. The molecule has 0 unspecified atom stereocenters. The fraction of sp³-hybridized carbons (Fsp3) is 0.0500. The molecule has 3 aromatic heterocycles. The van der Waals surface area contributed by atoms with Crippen molar-refractivity contribution in [2.24, 2.45) is 0 Å². The van der Waals surface area contributed by atoms with Crippen LogP contribution in [0.3, 0.4) is 0 Å². The smallest absolute Gasteiger partial charge is 0.268 e. The topological polar surface area (TPSA) is 120 Å². The maximum Gasteiger partial charge on any atom is 0.268 e. The number of hydrogen-bond acceptors (Lipinski definition) is 7. The molecule has 0 amide bonds. The molecule has 0 aliphatic heterocycles. The van der Waals surface area contributed by atoms with Gasteiger partial charge in [0.25, 0.3) is 10.0 Å². The number of rotatable bonds is 5. The Morgan fingerprint density at radius 3 is 2.53 bits per heavy atom. The maximum absolute atomic E-state index is 15.2. The normalized spacial score (nSPS) is 11.5. The van der Waals surface area contributed by atoms with E-state index >= 15 is 8.78 Å². The second-order valence-corrected chi connectivity index (χ2v) is 8.63. The summed E-state index contributed by atoms with van der Waals surface area (Å²) in [5.41, 5.74) is 5.31. The summed E-state index contributed by atoms with van der Waals surface area (Å²) >= 11 is 5.84. The summed E-state index contributed by atoms with van der Waals surface area (Å²) in [7, 11) is -3.17. The largest absolute Gasteiger partial charge is 0.480 e. The van der Waals surface area contributed by atoms with Crippen molar-refractivity contribution in [2.45, 2.75) is 4.90 Å². The zero-order chi connectivity index (χ0) is 23.0. The van der Waals surface area contributed by atoms with Gasteiger partial charge in [-0.1, -0.05) is 23.7 Å². The number of aromatic nitrogens is 3. The zero-order valence-corrected chi connectivity index (χ0v) is 17.9. The second-order valence-electron chi connectivity index (χ2n) is 6.54. The van der Waals surface area contributed by atoms with Gasteiger partial charge in [-0.2, -0.15) is 0 Å². The van der Waals surface area contributed by atoms with Gasteiger partial charge in [0.15, 0.2) is 16.5 Å². The van der Waals surface area contributed by atoms with Crippen LogP contribution in [0.4, 0.5) is 20.4 Å². The Labute approximate surface area is 186 Å². The summed E-state index contributed by atoms with van der Waals surface area (Å²) in [4.78, 5) is 11.0. The number of ether oxygens (including phenoxy) is 1. The first kappa shape index (κ1) is 21.7. The molecule has 0 spiro atoms. The Balaban J connectivity index is 1.79. The molecule has 4 aromatic rings. The lowest BCUT2D eigenvalue weighted by atomic mass is 10.0. The third kappa shape index (κ3) is 3.87. The standard InChI is InChI=1S/C20H14ClF2N5O3S/c1-31-20-15(7-11(21)8-27-20)32(29,30)28-19-18(23)13(4-5-25-19)12-3-2-10-6-16(24)26-9-14(10)17(12)22/h2-9H,1H3,(H2,24,26)(H,25,28). The Morgan fingerprint density at radius 1 is 1.03 bits per heavy atom. The number of fused-ring (bicyclic) bond motifs is 1. The predicted octanol–water partition coefficient (Wildman–Crippen LogP) is 4.02. The van der Waals surface area contributed by atoms with Crippen LogP contribution in [-0.2, 0) is 10.0 Å². The van der Waals surface area contributed by atoms with Gasteiger partial charge in [-0.25, -0.2) is 32.2 Å². The van der Waals surface area contributed by atoms with Crippen molar-refractivity contribution in [2.75, 3.05) is 17.6 Å². The number of halogens is 3. The van der Waals surface area contributed by atoms with Crippen LogP contribution in [0.2, 0.25) is 5.02 Å². The Morgan fingerprint density at radius 2 is 1.78 bits per heavy atom. The molecule has 8 nitrogen and oxygen atoms in total. The van der Waals surface area contributed by atoms with E-state index in [9.17, 15) is 8.42 Å². The van der Waals surface area contributed by atoms with E-state index in [2.05, 4.69) is 15.0 Å². The quantitative estimate of drug-likeness (QED) is 0.445. The van der Waals surface area contributed by atoms with Crippen molar-refractivity contribution in [3.05, 3.63) is 65.6 Å². The molecule has 0 fully saturated rings. The molecular formula is C20H14ClF2N5O3S. The highest BCUT2D eigenvalue weighted by Crippen LogP contribution is 2.33. The molecule has 3 N–H and O–H groups in total. The van der Waals surface area contributed by atoms with Crippen molar-refractivity contribution in [1.82, 2.24) is 15.0 Å².